The number of hydrogen-bond acceptors (Lipinski definition) is 5. The highest BCUT2D eigenvalue weighted by molar-refractivity contribution is 8.00. The minimum atomic E-state index is -3.85. The third-order valence-electron chi connectivity index (χ3n) is 3.68. The first-order valence-corrected chi connectivity index (χ1v) is 10.1. The van der Waals surface area contributed by atoms with E-state index >= 15 is 0 Å². The molecule has 2 rings (SSSR count). The standard InChI is InChI=1S/C14H17Cl2NO4S2/c1-8-6-10(15)9(2)13(12(8)16)23(19,20)17-4-5-22-11(7-17)14(18)21-3/h6,11H,4-5,7H2,1-3H3/t11-/m1/s1. The second-order valence-corrected chi connectivity index (χ2v) is 9.16. The molecule has 0 aromatic heterocycles. The van der Waals surface area contributed by atoms with E-state index in [0.29, 0.717) is 28.4 Å². The molecule has 1 fully saturated rings. The van der Waals surface area contributed by atoms with Crippen LogP contribution in [0.25, 0.3) is 0 Å². The monoisotopic (exact) mass is 397 g/mol. The fraction of sp³-hybridized carbons (Fsp3) is 0.500. The number of methoxy groups -OCH3 is 1. The summed E-state index contributed by atoms with van der Waals surface area (Å²) in [4.78, 5) is 11.7. The van der Waals surface area contributed by atoms with Gasteiger partial charge in [0.1, 0.15) is 10.1 Å². The molecule has 0 bridgehead atoms. The van der Waals surface area contributed by atoms with Gasteiger partial charge in [-0.3, -0.25) is 4.79 Å². The number of thioether (sulfide) groups is 1. The minimum Gasteiger partial charge on any atom is -0.468 e. The molecule has 1 aliphatic heterocycles. The van der Waals surface area contributed by atoms with Crippen LogP contribution in [-0.4, -0.2) is 49.9 Å². The molecule has 23 heavy (non-hydrogen) atoms. The fourth-order valence-electron chi connectivity index (χ4n) is 2.37. The van der Waals surface area contributed by atoms with Gasteiger partial charge in [0, 0.05) is 23.9 Å². The number of carbonyl (C=O) groups is 1. The van der Waals surface area contributed by atoms with Crippen molar-refractivity contribution in [2.45, 2.75) is 24.0 Å². The van der Waals surface area contributed by atoms with Crippen LogP contribution in [0.4, 0.5) is 0 Å². The number of esters is 1. The summed E-state index contributed by atoms with van der Waals surface area (Å²) >= 11 is 13.7. The quantitative estimate of drug-likeness (QED) is 0.733. The van der Waals surface area contributed by atoms with Crippen molar-refractivity contribution in [3.63, 3.8) is 0 Å². The van der Waals surface area contributed by atoms with Gasteiger partial charge in [0.05, 0.1) is 12.1 Å². The smallest absolute Gasteiger partial charge is 0.320 e. The first kappa shape index (κ1) is 18.9. The number of halogens is 2. The predicted molar refractivity (Wildman–Crippen MR) is 93.0 cm³/mol. The van der Waals surface area contributed by atoms with Gasteiger partial charge in [-0.1, -0.05) is 23.2 Å². The number of benzene rings is 1. The molecule has 1 heterocycles. The van der Waals surface area contributed by atoms with Crippen LogP contribution in [0, 0.1) is 13.8 Å². The maximum absolute atomic E-state index is 13.0. The molecule has 0 unspecified atom stereocenters. The normalized spacial score (nSPS) is 19.6. The number of carbonyl (C=O) groups excluding carboxylic acids is 1. The van der Waals surface area contributed by atoms with Gasteiger partial charge in [-0.15, -0.1) is 11.8 Å². The van der Waals surface area contributed by atoms with Gasteiger partial charge in [-0.05, 0) is 31.0 Å². The van der Waals surface area contributed by atoms with Crippen LogP contribution in [0.3, 0.4) is 0 Å². The highest BCUT2D eigenvalue weighted by Gasteiger charge is 2.36. The lowest BCUT2D eigenvalue weighted by atomic mass is 10.2. The van der Waals surface area contributed by atoms with Gasteiger partial charge in [0.25, 0.3) is 0 Å². The molecule has 0 N–H and O–H groups in total. The Hall–Kier alpha value is -0.470. The summed E-state index contributed by atoms with van der Waals surface area (Å²) in [5.41, 5.74) is 1.01. The third-order valence-corrected chi connectivity index (χ3v) is 7.87. The topological polar surface area (TPSA) is 63.7 Å². The van der Waals surface area contributed by atoms with Gasteiger partial charge in [-0.2, -0.15) is 4.31 Å². The Labute approximate surface area is 150 Å². The average Bonchev–Trinajstić information content (AvgIpc) is 2.52. The van der Waals surface area contributed by atoms with E-state index in [1.807, 2.05) is 0 Å². The van der Waals surface area contributed by atoms with Gasteiger partial charge in [0.2, 0.25) is 10.0 Å². The van der Waals surface area contributed by atoms with Gasteiger partial charge in [-0.25, -0.2) is 8.42 Å². The molecule has 9 heteroatoms. The highest BCUT2D eigenvalue weighted by Crippen LogP contribution is 2.36. The molecule has 0 saturated carbocycles. The molecule has 0 radical (unpaired) electrons. The SMILES string of the molecule is COC(=O)[C@H]1CN(S(=O)(=O)c2c(C)c(Cl)cc(C)c2Cl)CCS1. The van der Waals surface area contributed by atoms with Crippen LogP contribution < -0.4 is 0 Å². The van der Waals surface area contributed by atoms with Crippen molar-refractivity contribution in [3.05, 3.63) is 27.2 Å². The summed E-state index contributed by atoms with van der Waals surface area (Å²) in [7, 11) is -2.56. The molecule has 1 aromatic rings. The molecule has 1 atom stereocenters. The van der Waals surface area contributed by atoms with Crippen molar-refractivity contribution in [3.8, 4) is 0 Å². The first-order chi connectivity index (χ1) is 10.7. The first-order valence-electron chi connectivity index (χ1n) is 6.85. The Morgan fingerprint density at radius 2 is 2.04 bits per heavy atom. The van der Waals surface area contributed by atoms with E-state index in [4.69, 9.17) is 27.9 Å². The lowest BCUT2D eigenvalue weighted by Crippen LogP contribution is -2.45. The molecular formula is C14H17Cl2NO4S2. The average molecular weight is 398 g/mol. The molecule has 5 nitrogen and oxygen atoms in total. The predicted octanol–water partition coefficient (Wildman–Crippen LogP) is 2.89. The Morgan fingerprint density at radius 1 is 1.39 bits per heavy atom. The highest BCUT2D eigenvalue weighted by atomic mass is 35.5. The van der Waals surface area contributed by atoms with E-state index in [9.17, 15) is 13.2 Å². The van der Waals surface area contributed by atoms with Crippen molar-refractivity contribution in [2.75, 3.05) is 26.0 Å². The Kier molecular flexibility index (Phi) is 5.90. The number of aryl methyl sites for hydroxylation is 1. The molecule has 0 spiro atoms. The zero-order valence-electron chi connectivity index (χ0n) is 12.9. The van der Waals surface area contributed by atoms with E-state index in [1.165, 1.54) is 23.2 Å². The lowest BCUT2D eigenvalue weighted by Gasteiger charge is -2.31. The zero-order chi connectivity index (χ0) is 17.4. The molecule has 0 aliphatic carbocycles. The van der Waals surface area contributed by atoms with Crippen LogP contribution in [0.1, 0.15) is 11.1 Å². The molecule has 128 valence electrons. The summed E-state index contributed by atoms with van der Waals surface area (Å²) in [6, 6.07) is 1.64. The van der Waals surface area contributed by atoms with Crippen molar-refractivity contribution in [1.82, 2.24) is 4.31 Å². The van der Waals surface area contributed by atoms with Crippen LogP contribution >= 0.6 is 35.0 Å². The number of rotatable bonds is 3. The fourth-order valence-corrected chi connectivity index (χ4v) is 6.33. The maximum Gasteiger partial charge on any atom is 0.320 e. The van der Waals surface area contributed by atoms with Crippen LogP contribution in [0.2, 0.25) is 10.0 Å². The molecule has 1 saturated heterocycles. The van der Waals surface area contributed by atoms with Gasteiger partial charge in [0.15, 0.2) is 0 Å². The van der Waals surface area contributed by atoms with Crippen molar-refractivity contribution < 1.29 is 17.9 Å². The maximum atomic E-state index is 13.0. The lowest BCUT2D eigenvalue weighted by molar-refractivity contribution is -0.140. The number of nitrogens with zero attached hydrogens (tertiary/aromatic N) is 1. The molecule has 1 aromatic carbocycles. The van der Waals surface area contributed by atoms with E-state index in [0.717, 1.165) is 0 Å². The Bertz CT molecular complexity index is 711. The third kappa shape index (κ3) is 3.64. The molecule has 1 aliphatic rings. The van der Waals surface area contributed by atoms with Gasteiger partial charge >= 0.3 is 5.97 Å². The van der Waals surface area contributed by atoms with Crippen LogP contribution in [-0.2, 0) is 19.6 Å². The number of ether oxygens (including phenoxy) is 1. The summed E-state index contributed by atoms with van der Waals surface area (Å²) < 4.78 is 32.0. The van der Waals surface area contributed by atoms with Crippen LogP contribution in [0.15, 0.2) is 11.0 Å². The van der Waals surface area contributed by atoms with Crippen molar-refractivity contribution in [1.29, 1.82) is 0 Å². The van der Waals surface area contributed by atoms with Crippen LogP contribution in [0.5, 0.6) is 0 Å². The zero-order valence-corrected chi connectivity index (χ0v) is 16.1. The summed E-state index contributed by atoms with van der Waals surface area (Å²) in [5, 5.41) is -0.0241. The summed E-state index contributed by atoms with van der Waals surface area (Å²) in [6.45, 7) is 3.69. The van der Waals surface area contributed by atoms with E-state index < -0.39 is 21.2 Å². The molecule has 0 amide bonds. The number of sulfonamides is 1. The Morgan fingerprint density at radius 3 is 2.65 bits per heavy atom. The summed E-state index contributed by atoms with van der Waals surface area (Å²) in [6.07, 6.45) is 0. The summed E-state index contributed by atoms with van der Waals surface area (Å²) in [5.74, 6) is 0.0786. The number of hydrogen-bond donors (Lipinski definition) is 0. The Balaban J connectivity index is 2.45. The van der Waals surface area contributed by atoms with Crippen molar-refractivity contribution >= 4 is 51.0 Å². The van der Waals surface area contributed by atoms with Crippen molar-refractivity contribution in [2.24, 2.45) is 0 Å². The van der Waals surface area contributed by atoms with E-state index in [1.54, 1.807) is 19.9 Å². The second kappa shape index (κ2) is 7.19. The minimum absolute atomic E-state index is 0.0136. The largest absolute Gasteiger partial charge is 0.468 e. The van der Waals surface area contributed by atoms with Gasteiger partial charge < -0.3 is 4.74 Å². The second-order valence-electron chi connectivity index (χ2n) is 5.19. The van der Waals surface area contributed by atoms with E-state index in [2.05, 4.69) is 0 Å². The molecular weight excluding hydrogens is 381 g/mol. The van der Waals surface area contributed by atoms with E-state index in [-0.39, 0.29) is 16.5 Å².